The van der Waals surface area contributed by atoms with Gasteiger partial charge in [-0.25, -0.2) is 0 Å². The number of amides is 2. The summed E-state index contributed by atoms with van der Waals surface area (Å²) >= 11 is 0. The van der Waals surface area contributed by atoms with Crippen LogP contribution in [0.2, 0.25) is 0 Å². The Hall–Kier alpha value is -3.48. The topological polar surface area (TPSA) is 93.1 Å². The van der Waals surface area contributed by atoms with Gasteiger partial charge in [-0.3, -0.25) is 25.2 Å². The van der Waals surface area contributed by atoms with E-state index in [-0.39, 0.29) is 23.1 Å². The molecule has 1 aromatic heterocycles. The van der Waals surface area contributed by atoms with Crippen molar-refractivity contribution in [2.75, 3.05) is 0 Å². The van der Waals surface area contributed by atoms with Gasteiger partial charge in [0.2, 0.25) is 5.91 Å². The molecular weight excluding hydrogens is 344 g/mol. The lowest BCUT2D eigenvalue weighted by molar-refractivity contribution is -0.123. The molecule has 27 heavy (non-hydrogen) atoms. The van der Waals surface area contributed by atoms with Crippen LogP contribution in [0.1, 0.15) is 23.8 Å². The minimum Gasteiger partial charge on any atom is -0.273 e. The Morgan fingerprint density at radius 2 is 1.63 bits per heavy atom. The van der Waals surface area contributed by atoms with Gasteiger partial charge in [-0.05, 0) is 30.5 Å². The van der Waals surface area contributed by atoms with Crippen molar-refractivity contribution >= 4 is 22.6 Å². The zero-order valence-electron chi connectivity index (χ0n) is 14.7. The molecule has 2 amide bonds. The second kappa shape index (κ2) is 6.68. The van der Waals surface area contributed by atoms with Crippen molar-refractivity contribution < 1.29 is 9.59 Å². The number of nitrogens with zero attached hydrogens (tertiary/aromatic N) is 2. The number of carbonyl (C=O) groups excluding carboxylic acids is 2. The van der Waals surface area contributed by atoms with Gasteiger partial charge in [-0.2, -0.15) is 9.78 Å². The maximum Gasteiger partial charge on any atom is 0.290 e. The Balaban J connectivity index is 1.73. The first kappa shape index (κ1) is 17.0. The molecule has 0 saturated heterocycles. The number of aromatic nitrogens is 2. The van der Waals surface area contributed by atoms with Gasteiger partial charge in [-0.15, -0.1) is 0 Å². The molecule has 1 heterocycles. The van der Waals surface area contributed by atoms with Crippen molar-refractivity contribution in [3.63, 3.8) is 0 Å². The molecule has 1 fully saturated rings. The molecule has 0 aliphatic heterocycles. The zero-order valence-corrected chi connectivity index (χ0v) is 14.7. The lowest BCUT2D eigenvalue weighted by Crippen LogP contribution is -2.43. The number of hydrazine groups is 1. The van der Waals surface area contributed by atoms with E-state index in [0.29, 0.717) is 22.4 Å². The summed E-state index contributed by atoms with van der Waals surface area (Å²) in [4.78, 5) is 37.4. The SMILES string of the molecule is C[C@@H]1C[C@@H]1C(=O)NNC(=O)c1nn(-c2ccccc2)c(=O)c2ccccc12. The first-order valence-corrected chi connectivity index (χ1v) is 8.74. The summed E-state index contributed by atoms with van der Waals surface area (Å²) in [7, 11) is 0. The highest BCUT2D eigenvalue weighted by atomic mass is 16.2. The van der Waals surface area contributed by atoms with E-state index in [2.05, 4.69) is 16.0 Å². The lowest BCUT2D eigenvalue weighted by Gasteiger charge is -2.12. The van der Waals surface area contributed by atoms with Crippen LogP contribution >= 0.6 is 0 Å². The summed E-state index contributed by atoms with van der Waals surface area (Å²) < 4.78 is 1.20. The Kier molecular flexibility index (Phi) is 4.19. The van der Waals surface area contributed by atoms with Gasteiger partial charge in [0.05, 0.1) is 11.1 Å². The number of para-hydroxylation sites is 1. The Morgan fingerprint density at radius 1 is 1.00 bits per heavy atom. The third kappa shape index (κ3) is 3.19. The van der Waals surface area contributed by atoms with Crippen molar-refractivity contribution in [1.29, 1.82) is 0 Å². The average molecular weight is 362 g/mol. The van der Waals surface area contributed by atoms with Crippen LogP contribution in [0, 0.1) is 11.8 Å². The van der Waals surface area contributed by atoms with Crippen LogP contribution in [0.25, 0.3) is 16.5 Å². The molecule has 2 atom stereocenters. The predicted molar refractivity (Wildman–Crippen MR) is 100 cm³/mol. The molecule has 0 bridgehead atoms. The number of carbonyl (C=O) groups is 2. The van der Waals surface area contributed by atoms with E-state index in [9.17, 15) is 14.4 Å². The van der Waals surface area contributed by atoms with Crippen molar-refractivity contribution in [1.82, 2.24) is 20.6 Å². The van der Waals surface area contributed by atoms with Gasteiger partial charge in [0.15, 0.2) is 5.69 Å². The summed E-state index contributed by atoms with van der Waals surface area (Å²) in [5, 5.41) is 5.07. The number of fused-ring (bicyclic) bond motifs is 1. The van der Waals surface area contributed by atoms with Crippen LogP contribution in [0.5, 0.6) is 0 Å². The molecule has 3 aromatic rings. The van der Waals surface area contributed by atoms with Gasteiger partial charge >= 0.3 is 0 Å². The quantitative estimate of drug-likeness (QED) is 0.695. The van der Waals surface area contributed by atoms with Crippen molar-refractivity contribution in [2.45, 2.75) is 13.3 Å². The molecule has 0 spiro atoms. The molecule has 7 heteroatoms. The summed E-state index contributed by atoms with van der Waals surface area (Å²) in [6.07, 6.45) is 0.821. The van der Waals surface area contributed by atoms with E-state index in [1.807, 2.05) is 13.0 Å². The van der Waals surface area contributed by atoms with Crippen LogP contribution in [0.3, 0.4) is 0 Å². The van der Waals surface area contributed by atoms with Crippen molar-refractivity contribution in [3.05, 3.63) is 70.6 Å². The minimum atomic E-state index is -0.572. The maximum atomic E-state index is 12.8. The number of hydrogen-bond acceptors (Lipinski definition) is 4. The lowest BCUT2D eigenvalue weighted by atomic mass is 10.1. The summed E-state index contributed by atoms with van der Waals surface area (Å²) in [5.74, 6) is -0.511. The summed E-state index contributed by atoms with van der Waals surface area (Å²) in [6.45, 7) is 1.98. The smallest absolute Gasteiger partial charge is 0.273 e. The van der Waals surface area contributed by atoms with E-state index in [1.54, 1.807) is 48.5 Å². The zero-order chi connectivity index (χ0) is 19.0. The molecular formula is C20H18N4O3. The van der Waals surface area contributed by atoms with Crippen molar-refractivity contribution in [3.8, 4) is 5.69 Å². The van der Waals surface area contributed by atoms with Crippen LogP contribution in [0.15, 0.2) is 59.4 Å². The minimum absolute atomic E-state index is 0.0618. The Morgan fingerprint density at radius 3 is 2.30 bits per heavy atom. The van der Waals surface area contributed by atoms with Crippen LogP contribution in [-0.2, 0) is 4.79 Å². The van der Waals surface area contributed by atoms with E-state index in [4.69, 9.17) is 0 Å². The van der Waals surface area contributed by atoms with E-state index >= 15 is 0 Å². The van der Waals surface area contributed by atoms with E-state index in [1.165, 1.54) is 4.68 Å². The van der Waals surface area contributed by atoms with Gasteiger partial charge in [0, 0.05) is 11.3 Å². The first-order chi connectivity index (χ1) is 13.1. The Bertz CT molecular complexity index is 1090. The molecule has 1 aliphatic rings. The fraction of sp³-hybridized carbons (Fsp3) is 0.200. The predicted octanol–water partition coefficient (Wildman–Crippen LogP) is 1.80. The van der Waals surface area contributed by atoms with Gasteiger partial charge in [0.25, 0.3) is 11.5 Å². The van der Waals surface area contributed by atoms with Gasteiger partial charge in [-0.1, -0.05) is 43.3 Å². The largest absolute Gasteiger partial charge is 0.290 e. The first-order valence-electron chi connectivity index (χ1n) is 8.74. The number of nitrogens with one attached hydrogen (secondary N) is 2. The molecule has 2 aromatic carbocycles. The molecule has 0 unspecified atom stereocenters. The highest BCUT2D eigenvalue weighted by molar-refractivity contribution is 6.05. The van der Waals surface area contributed by atoms with E-state index in [0.717, 1.165) is 6.42 Å². The molecule has 0 radical (unpaired) electrons. The van der Waals surface area contributed by atoms with E-state index < -0.39 is 5.91 Å². The monoisotopic (exact) mass is 362 g/mol. The second-order valence-electron chi connectivity index (χ2n) is 6.71. The molecule has 1 saturated carbocycles. The maximum absolute atomic E-state index is 12.8. The summed E-state index contributed by atoms with van der Waals surface area (Å²) in [5.41, 5.74) is 5.17. The highest BCUT2D eigenvalue weighted by Crippen LogP contribution is 2.37. The fourth-order valence-corrected chi connectivity index (χ4v) is 3.06. The van der Waals surface area contributed by atoms with Crippen LogP contribution < -0.4 is 16.4 Å². The third-order valence-electron chi connectivity index (χ3n) is 4.77. The standard InChI is InChI=1S/C20H18N4O3/c1-12-11-16(12)18(25)21-22-19(26)17-14-9-5-6-10-15(14)20(27)24(23-17)13-7-3-2-4-8-13/h2-10,12,16H,11H2,1H3,(H,21,25)(H,22,26)/t12-,16+/m1/s1. The van der Waals surface area contributed by atoms with Crippen molar-refractivity contribution in [2.24, 2.45) is 11.8 Å². The summed E-state index contributed by atoms with van der Waals surface area (Å²) in [6, 6.07) is 15.7. The fourth-order valence-electron chi connectivity index (χ4n) is 3.06. The molecule has 2 N–H and O–H groups in total. The third-order valence-corrected chi connectivity index (χ3v) is 4.77. The Labute approximate surface area is 155 Å². The number of rotatable bonds is 3. The molecule has 4 rings (SSSR count). The molecule has 1 aliphatic carbocycles. The normalized spacial score (nSPS) is 18.1. The second-order valence-corrected chi connectivity index (χ2v) is 6.71. The van der Waals surface area contributed by atoms with Gasteiger partial charge < -0.3 is 0 Å². The molecule has 136 valence electrons. The highest BCUT2D eigenvalue weighted by Gasteiger charge is 2.39. The van der Waals surface area contributed by atoms with Gasteiger partial charge in [0.1, 0.15) is 0 Å². The molecule has 7 nitrogen and oxygen atoms in total. The van der Waals surface area contributed by atoms with Crippen LogP contribution in [-0.4, -0.2) is 21.6 Å². The van der Waals surface area contributed by atoms with Crippen LogP contribution in [0.4, 0.5) is 0 Å². The number of benzene rings is 2. The average Bonchev–Trinajstić information content (AvgIpc) is 3.44. The number of hydrogen-bond donors (Lipinski definition) is 2.